The third kappa shape index (κ3) is 2.61. The van der Waals surface area contributed by atoms with E-state index in [-0.39, 0.29) is 0 Å². The second-order valence-corrected chi connectivity index (χ2v) is 10.0. The summed E-state index contributed by atoms with van der Waals surface area (Å²) in [5, 5.41) is 8.55. The Labute approximate surface area is 63.1 Å². The van der Waals surface area contributed by atoms with Gasteiger partial charge in [0.05, 0.1) is 0 Å². The van der Waals surface area contributed by atoms with E-state index in [1.807, 2.05) is 0 Å². The summed E-state index contributed by atoms with van der Waals surface area (Å²) in [4.78, 5) is 10.4. The molecule has 0 fully saturated rings. The molecule has 1 atom stereocenters. The van der Waals surface area contributed by atoms with Gasteiger partial charge in [0, 0.05) is 0 Å². The van der Waals surface area contributed by atoms with Crippen molar-refractivity contribution in [2.75, 3.05) is 0 Å². The topological polar surface area (TPSA) is 54.4 Å². The third-order valence-corrected chi connectivity index (χ3v) is 5.80. The molecule has 0 spiro atoms. The number of carbonyl (C=O) groups is 1. The first-order valence-corrected chi connectivity index (χ1v) is 8.77. The molecule has 0 heterocycles. The quantitative estimate of drug-likeness (QED) is 0.714. The molecule has 3 nitrogen and oxygen atoms in total. The van der Waals surface area contributed by atoms with Crippen molar-refractivity contribution in [2.45, 2.75) is 29.5 Å². The van der Waals surface area contributed by atoms with Gasteiger partial charge in [0.25, 0.3) is 0 Å². The Morgan fingerprint density at radius 2 is 2.00 bits per heavy atom. The van der Waals surface area contributed by atoms with Crippen LogP contribution in [0.3, 0.4) is 0 Å². The molecule has 0 saturated heterocycles. The first kappa shape index (κ1) is 9.83. The predicted molar refractivity (Wildman–Crippen MR) is 39.8 cm³/mol. The summed E-state index contributed by atoms with van der Waals surface area (Å²) in [6.07, 6.45) is 0.471. The van der Waals surface area contributed by atoms with Crippen LogP contribution in [0.1, 0.15) is 13.3 Å². The minimum absolute atomic E-state index is 0.471. The van der Waals surface area contributed by atoms with Crippen LogP contribution in [0.5, 0.6) is 0 Å². The summed E-state index contributed by atoms with van der Waals surface area (Å²) >= 11 is -3.02. The van der Waals surface area contributed by atoms with Gasteiger partial charge in [0.15, 0.2) is 0 Å². The van der Waals surface area contributed by atoms with Gasteiger partial charge < -0.3 is 0 Å². The molecule has 0 aliphatic carbocycles. The molecule has 4 heteroatoms. The molecule has 0 bridgehead atoms. The van der Waals surface area contributed by atoms with Crippen molar-refractivity contribution in [3.63, 3.8) is 0 Å². The molecule has 0 aromatic rings. The number of rotatable bonds is 3. The molecule has 10 heavy (non-hydrogen) atoms. The minimum atomic E-state index is -3.02. The molecule has 60 valence electrons. The first-order valence-electron chi connectivity index (χ1n) is 3.17. The van der Waals surface area contributed by atoms with Gasteiger partial charge in [-0.1, -0.05) is 0 Å². The van der Waals surface area contributed by atoms with Gasteiger partial charge in [-0.25, -0.2) is 0 Å². The summed E-state index contributed by atoms with van der Waals surface area (Å²) in [5.74, 6) is -0.921. The van der Waals surface area contributed by atoms with Gasteiger partial charge in [-0.15, -0.1) is 0 Å². The van der Waals surface area contributed by atoms with Crippen LogP contribution in [0.2, 0.25) is 16.1 Å². The second kappa shape index (κ2) is 3.29. The molecule has 0 aliphatic rings. The van der Waals surface area contributed by atoms with E-state index in [1.165, 1.54) is 0 Å². The molecule has 0 aromatic heterocycles. The number of hydrogen-bond acceptors (Lipinski definition) is 2. The van der Waals surface area contributed by atoms with Crippen molar-refractivity contribution in [3.8, 4) is 0 Å². The number of hydrogen-bond donors (Lipinski definition) is 1. The molecule has 0 rings (SSSR count). The van der Waals surface area contributed by atoms with Crippen molar-refractivity contribution >= 4 is 19.5 Å². The van der Waals surface area contributed by atoms with Crippen LogP contribution in [-0.4, -0.2) is 24.6 Å². The summed E-state index contributed by atoms with van der Waals surface area (Å²) < 4.78 is 10.7. The maximum absolute atomic E-state index is 11.3. The fourth-order valence-corrected chi connectivity index (χ4v) is 3.84. The third-order valence-electron chi connectivity index (χ3n) is 1.42. The number of carboxylic acid groups (broad SMARTS) is 1. The van der Waals surface area contributed by atoms with Crippen LogP contribution in [0.15, 0.2) is 0 Å². The Morgan fingerprint density at radius 3 is 2.00 bits per heavy atom. The predicted octanol–water partition coefficient (Wildman–Crippen LogP) is 1.49. The van der Waals surface area contributed by atoms with E-state index >= 15 is 0 Å². The van der Waals surface area contributed by atoms with E-state index in [0.717, 1.165) is 0 Å². The van der Waals surface area contributed by atoms with Crippen molar-refractivity contribution in [1.82, 2.24) is 0 Å². The Balaban J connectivity index is 4.38. The summed E-state index contributed by atoms with van der Waals surface area (Å²) in [6, 6.07) is 0. The van der Waals surface area contributed by atoms with Crippen LogP contribution in [0.4, 0.5) is 0 Å². The molecule has 0 aromatic carbocycles. The fourth-order valence-electron chi connectivity index (χ4n) is 0.880. The normalized spacial score (nSPS) is 14.7. The monoisotopic (exact) mass is 208 g/mol. The van der Waals surface area contributed by atoms with Crippen molar-refractivity contribution < 1.29 is 13.6 Å². The van der Waals surface area contributed by atoms with Crippen molar-refractivity contribution in [1.29, 1.82) is 0 Å². The number of carboxylic acids is 1. The molecule has 0 aliphatic heterocycles. The van der Waals surface area contributed by atoms with E-state index in [2.05, 4.69) is 0 Å². The Bertz CT molecular complexity index is 170. The van der Waals surface area contributed by atoms with E-state index in [1.54, 1.807) is 18.3 Å². The van der Waals surface area contributed by atoms with E-state index in [4.69, 9.17) is 5.11 Å². The molecule has 0 amide bonds. The van der Waals surface area contributed by atoms with Crippen LogP contribution >= 0.6 is 0 Å². The Kier molecular flexibility index (Phi) is 3.23. The maximum atomic E-state index is 11.3. The zero-order chi connectivity index (χ0) is 8.36. The average Bonchev–Trinajstić information content (AvgIpc) is 1.60. The zero-order valence-corrected chi connectivity index (χ0v) is 8.37. The number of aliphatic carboxylic acids is 1. The van der Waals surface area contributed by atoms with Crippen LogP contribution in [-0.2, 0) is 8.53 Å². The second-order valence-electron chi connectivity index (χ2n) is 2.70. The molecule has 1 unspecified atom stereocenters. The van der Waals surface area contributed by atoms with Gasteiger partial charge in [-0.2, -0.15) is 0 Å². The Morgan fingerprint density at radius 1 is 1.60 bits per heavy atom. The zero-order valence-electron chi connectivity index (χ0n) is 6.50. The average molecular weight is 208 g/mol. The molecular formula is C6H13AsO3. The van der Waals surface area contributed by atoms with E-state index in [0.29, 0.717) is 6.42 Å². The Hall–Kier alpha value is -0.172. The SMILES string of the molecule is CCC(C(=O)O)[As](C)(C)=O. The molecule has 1 N–H and O–H groups in total. The first-order chi connectivity index (χ1) is 4.39. The van der Waals surface area contributed by atoms with Crippen molar-refractivity contribution in [3.05, 3.63) is 0 Å². The summed E-state index contributed by atoms with van der Waals surface area (Å²) in [6.45, 7) is 1.75. The van der Waals surface area contributed by atoms with Crippen molar-refractivity contribution in [2.24, 2.45) is 0 Å². The van der Waals surface area contributed by atoms with Gasteiger partial charge in [0.1, 0.15) is 0 Å². The van der Waals surface area contributed by atoms with Gasteiger partial charge >= 0.3 is 62.6 Å². The van der Waals surface area contributed by atoms with Gasteiger partial charge in [0.2, 0.25) is 0 Å². The van der Waals surface area contributed by atoms with Crippen LogP contribution in [0.25, 0.3) is 0 Å². The van der Waals surface area contributed by atoms with E-state index in [9.17, 15) is 8.53 Å². The fraction of sp³-hybridized carbons (Fsp3) is 0.833. The van der Waals surface area contributed by atoms with Crippen LogP contribution < -0.4 is 0 Å². The van der Waals surface area contributed by atoms with Crippen LogP contribution in [0, 0.1) is 0 Å². The van der Waals surface area contributed by atoms with E-state index < -0.39 is 24.2 Å². The summed E-state index contributed by atoms with van der Waals surface area (Å²) in [7, 11) is 0. The van der Waals surface area contributed by atoms with Gasteiger partial charge in [-0.05, 0) is 0 Å². The molecular weight excluding hydrogens is 195 g/mol. The summed E-state index contributed by atoms with van der Waals surface area (Å²) in [5.41, 5.74) is 3.14. The van der Waals surface area contributed by atoms with Gasteiger partial charge in [-0.3, -0.25) is 0 Å². The molecule has 0 radical (unpaired) electrons. The standard InChI is InChI=1S/C6H13AsO3/c1-4-5(6(8)9)7(2,3)10/h5H,4H2,1-3H3,(H,8,9). The molecule has 0 saturated carbocycles.